The second-order valence-electron chi connectivity index (χ2n) is 3.05. The predicted molar refractivity (Wildman–Crippen MR) is 57.2 cm³/mol. The Kier molecular flexibility index (Phi) is 2.80. The van der Waals surface area contributed by atoms with E-state index < -0.39 is 0 Å². The standard InChI is InChI=1S/C11H5ClFN3/c12-11-8(6-14)5-10(15-16-11)7-1-3-9(13)4-2-7/h1-5H. The van der Waals surface area contributed by atoms with Crippen molar-refractivity contribution in [1.82, 2.24) is 10.2 Å². The predicted octanol–water partition coefficient (Wildman–Crippen LogP) is 2.81. The molecule has 1 aromatic carbocycles. The van der Waals surface area contributed by atoms with Crippen LogP contribution in [-0.4, -0.2) is 10.2 Å². The molecule has 0 fully saturated rings. The fourth-order valence-corrected chi connectivity index (χ4v) is 1.35. The molecule has 0 saturated carbocycles. The minimum atomic E-state index is -0.328. The third-order valence-electron chi connectivity index (χ3n) is 2.01. The van der Waals surface area contributed by atoms with Gasteiger partial charge in [-0.3, -0.25) is 0 Å². The number of nitrogens with zero attached hydrogens (tertiary/aromatic N) is 3. The summed E-state index contributed by atoms with van der Waals surface area (Å²) in [6, 6.07) is 9.19. The lowest BCUT2D eigenvalue weighted by Gasteiger charge is -2.00. The molecule has 0 amide bonds. The first-order valence-electron chi connectivity index (χ1n) is 4.40. The van der Waals surface area contributed by atoms with Gasteiger partial charge < -0.3 is 0 Å². The Balaban J connectivity index is 2.49. The van der Waals surface area contributed by atoms with Crippen molar-refractivity contribution in [2.75, 3.05) is 0 Å². The van der Waals surface area contributed by atoms with Crippen LogP contribution in [0.3, 0.4) is 0 Å². The number of nitriles is 1. The second-order valence-corrected chi connectivity index (χ2v) is 3.41. The number of benzene rings is 1. The second kappa shape index (κ2) is 4.25. The van der Waals surface area contributed by atoms with Crippen LogP contribution in [0.15, 0.2) is 30.3 Å². The van der Waals surface area contributed by atoms with Crippen LogP contribution in [0.5, 0.6) is 0 Å². The van der Waals surface area contributed by atoms with E-state index in [0.29, 0.717) is 11.3 Å². The van der Waals surface area contributed by atoms with Crippen molar-refractivity contribution < 1.29 is 4.39 Å². The number of halogens is 2. The largest absolute Gasteiger partial charge is 0.207 e. The van der Waals surface area contributed by atoms with Crippen LogP contribution < -0.4 is 0 Å². The van der Waals surface area contributed by atoms with Crippen LogP contribution in [0.1, 0.15) is 5.56 Å². The van der Waals surface area contributed by atoms with Crippen molar-refractivity contribution in [3.8, 4) is 17.3 Å². The van der Waals surface area contributed by atoms with Gasteiger partial charge in [0.1, 0.15) is 11.9 Å². The van der Waals surface area contributed by atoms with Gasteiger partial charge in [0, 0.05) is 5.56 Å². The van der Waals surface area contributed by atoms with Crippen LogP contribution in [0.4, 0.5) is 4.39 Å². The van der Waals surface area contributed by atoms with E-state index in [9.17, 15) is 4.39 Å². The van der Waals surface area contributed by atoms with Crippen molar-refractivity contribution in [2.45, 2.75) is 0 Å². The van der Waals surface area contributed by atoms with Crippen LogP contribution in [0, 0.1) is 17.1 Å². The maximum Gasteiger partial charge on any atom is 0.169 e. The maximum atomic E-state index is 12.7. The van der Waals surface area contributed by atoms with Gasteiger partial charge in [-0.05, 0) is 30.3 Å². The molecule has 0 N–H and O–H groups in total. The molecule has 1 heterocycles. The zero-order valence-electron chi connectivity index (χ0n) is 7.98. The van der Waals surface area contributed by atoms with Crippen molar-refractivity contribution >= 4 is 11.6 Å². The summed E-state index contributed by atoms with van der Waals surface area (Å²) in [6.07, 6.45) is 0. The minimum Gasteiger partial charge on any atom is -0.207 e. The lowest BCUT2D eigenvalue weighted by atomic mass is 10.1. The molecular formula is C11H5ClFN3. The quantitative estimate of drug-likeness (QED) is 0.761. The number of hydrogen-bond acceptors (Lipinski definition) is 3. The monoisotopic (exact) mass is 233 g/mol. The Hall–Kier alpha value is -1.99. The van der Waals surface area contributed by atoms with Crippen LogP contribution in [-0.2, 0) is 0 Å². The molecule has 0 bridgehead atoms. The number of aromatic nitrogens is 2. The average Bonchev–Trinajstić information content (AvgIpc) is 2.31. The molecule has 0 aliphatic heterocycles. The summed E-state index contributed by atoms with van der Waals surface area (Å²) in [5.41, 5.74) is 1.42. The summed E-state index contributed by atoms with van der Waals surface area (Å²) in [5.74, 6) is -0.328. The van der Waals surface area contributed by atoms with Gasteiger partial charge >= 0.3 is 0 Å². The van der Waals surface area contributed by atoms with Gasteiger partial charge in [-0.25, -0.2) is 4.39 Å². The van der Waals surface area contributed by atoms with Gasteiger partial charge in [0.2, 0.25) is 0 Å². The highest BCUT2D eigenvalue weighted by atomic mass is 35.5. The van der Waals surface area contributed by atoms with Gasteiger partial charge in [-0.2, -0.15) is 5.26 Å². The maximum absolute atomic E-state index is 12.7. The van der Waals surface area contributed by atoms with Gasteiger partial charge in [0.05, 0.1) is 11.3 Å². The smallest absolute Gasteiger partial charge is 0.169 e. The van der Waals surface area contributed by atoms with Gasteiger partial charge in [0.25, 0.3) is 0 Å². The molecule has 0 atom stereocenters. The van der Waals surface area contributed by atoms with E-state index in [1.807, 2.05) is 6.07 Å². The summed E-state index contributed by atoms with van der Waals surface area (Å²) in [6.45, 7) is 0. The first-order valence-corrected chi connectivity index (χ1v) is 4.78. The lowest BCUT2D eigenvalue weighted by molar-refractivity contribution is 0.628. The van der Waals surface area contributed by atoms with E-state index in [1.54, 1.807) is 12.1 Å². The lowest BCUT2D eigenvalue weighted by Crippen LogP contribution is -1.91. The fourth-order valence-electron chi connectivity index (χ4n) is 1.22. The zero-order valence-corrected chi connectivity index (χ0v) is 8.74. The van der Waals surface area contributed by atoms with Gasteiger partial charge in [-0.15, -0.1) is 10.2 Å². The van der Waals surface area contributed by atoms with Crippen molar-refractivity contribution in [3.05, 3.63) is 46.9 Å². The molecular weight excluding hydrogens is 229 g/mol. The fraction of sp³-hybridized carbons (Fsp3) is 0. The molecule has 2 aromatic rings. The molecule has 1 aromatic heterocycles. The van der Waals surface area contributed by atoms with E-state index in [1.165, 1.54) is 18.2 Å². The Labute approximate surface area is 96.1 Å². The molecule has 0 radical (unpaired) electrons. The molecule has 0 saturated heterocycles. The van der Waals surface area contributed by atoms with Gasteiger partial charge in [-0.1, -0.05) is 11.6 Å². The highest BCUT2D eigenvalue weighted by Crippen LogP contribution is 2.20. The molecule has 0 aliphatic rings. The topological polar surface area (TPSA) is 49.6 Å². The van der Waals surface area contributed by atoms with E-state index in [0.717, 1.165) is 0 Å². The Morgan fingerprint density at radius 1 is 1.19 bits per heavy atom. The molecule has 5 heteroatoms. The minimum absolute atomic E-state index is 0.0633. The highest BCUT2D eigenvalue weighted by Gasteiger charge is 2.06. The summed E-state index contributed by atoms with van der Waals surface area (Å²) in [7, 11) is 0. The van der Waals surface area contributed by atoms with Crippen molar-refractivity contribution in [2.24, 2.45) is 0 Å². The SMILES string of the molecule is N#Cc1cc(-c2ccc(F)cc2)nnc1Cl. The normalized spacial score (nSPS) is 9.81. The van der Waals surface area contributed by atoms with E-state index in [2.05, 4.69) is 10.2 Å². The first kappa shape index (κ1) is 10.5. The first-order chi connectivity index (χ1) is 7.70. The summed E-state index contributed by atoms with van der Waals surface area (Å²) >= 11 is 5.65. The Morgan fingerprint density at radius 2 is 1.88 bits per heavy atom. The zero-order chi connectivity index (χ0) is 11.5. The molecule has 78 valence electrons. The van der Waals surface area contributed by atoms with Crippen LogP contribution in [0.25, 0.3) is 11.3 Å². The molecule has 0 unspecified atom stereocenters. The van der Waals surface area contributed by atoms with E-state index >= 15 is 0 Å². The number of rotatable bonds is 1. The summed E-state index contributed by atoms with van der Waals surface area (Å²) < 4.78 is 12.7. The Bertz CT molecular complexity index is 560. The van der Waals surface area contributed by atoms with Crippen LogP contribution >= 0.6 is 11.6 Å². The van der Waals surface area contributed by atoms with Crippen molar-refractivity contribution in [1.29, 1.82) is 5.26 Å². The average molecular weight is 234 g/mol. The van der Waals surface area contributed by atoms with E-state index in [-0.39, 0.29) is 16.5 Å². The highest BCUT2D eigenvalue weighted by molar-refractivity contribution is 6.30. The third-order valence-corrected chi connectivity index (χ3v) is 2.29. The molecule has 0 spiro atoms. The summed E-state index contributed by atoms with van der Waals surface area (Å²) in [4.78, 5) is 0. The third kappa shape index (κ3) is 2.00. The molecule has 0 aliphatic carbocycles. The van der Waals surface area contributed by atoms with Gasteiger partial charge in [0.15, 0.2) is 5.15 Å². The van der Waals surface area contributed by atoms with E-state index in [4.69, 9.17) is 16.9 Å². The molecule has 16 heavy (non-hydrogen) atoms. The Morgan fingerprint density at radius 3 is 2.50 bits per heavy atom. The van der Waals surface area contributed by atoms with Crippen molar-refractivity contribution in [3.63, 3.8) is 0 Å². The van der Waals surface area contributed by atoms with Crippen LogP contribution in [0.2, 0.25) is 5.15 Å². The molecule has 3 nitrogen and oxygen atoms in total. The summed E-state index contributed by atoms with van der Waals surface area (Å²) in [5, 5.41) is 16.3. The molecule has 2 rings (SSSR count). The number of hydrogen-bond donors (Lipinski definition) is 0.